The van der Waals surface area contributed by atoms with Crippen LogP contribution in [0.2, 0.25) is 0 Å². The molecule has 1 fully saturated rings. The van der Waals surface area contributed by atoms with Gasteiger partial charge in [-0.25, -0.2) is 0 Å². The lowest BCUT2D eigenvalue weighted by atomic mass is 9.81. The molecule has 0 bridgehead atoms. The molecular formula is C10H13N. The first-order valence-corrected chi connectivity index (χ1v) is 4.21. The maximum atomic E-state index is 5.76. The molecule has 58 valence electrons. The van der Waals surface area contributed by atoms with E-state index >= 15 is 0 Å². The Kier molecular flexibility index (Phi) is 1.49. The van der Waals surface area contributed by atoms with Crippen molar-refractivity contribution in [2.75, 3.05) is 0 Å². The average Bonchev–Trinajstić information content (AvgIpc) is 1.91. The Morgan fingerprint density at radius 3 is 2.82 bits per heavy atom. The fourth-order valence-corrected chi connectivity index (χ4v) is 1.54. The van der Waals surface area contributed by atoms with Crippen LogP contribution in [0.5, 0.6) is 0 Å². The number of fused-ring (bicyclic) bond motifs is 1. The van der Waals surface area contributed by atoms with Gasteiger partial charge in [0, 0.05) is 6.04 Å². The van der Waals surface area contributed by atoms with E-state index in [9.17, 15) is 0 Å². The summed E-state index contributed by atoms with van der Waals surface area (Å²) in [7, 11) is 0. The van der Waals surface area contributed by atoms with Gasteiger partial charge in [-0.05, 0) is 42.9 Å². The molecule has 2 aliphatic rings. The van der Waals surface area contributed by atoms with Crippen molar-refractivity contribution >= 4 is 0 Å². The summed E-state index contributed by atoms with van der Waals surface area (Å²) in [6.07, 6.45) is 5.79. The number of nitrogens with two attached hydrogens (primary N) is 1. The molecule has 1 saturated carbocycles. The van der Waals surface area contributed by atoms with E-state index < -0.39 is 0 Å². The zero-order chi connectivity index (χ0) is 7.84. The van der Waals surface area contributed by atoms with Gasteiger partial charge in [-0.15, -0.1) is 5.73 Å². The normalized spacial score (nSPS) is 24.0. The van der Waals surface area contributed by atoms with Crippen molar-refractivity contribution in [1.82, 2.24) is 0 Å². The highest BCUT2D eigenvalue weighted by atomic mass is 14.6. The second-order valence-electron chi connectivity index (χ2n) is 3.35. The SMILES string of the molecule is CC(N)C1=C=C2CCC2=CC1. The Labute approximate surface area is 67.3 Å². The molecule has 0 spiro atoms. The Morgan fingerprint density at radius 2 is 2.36 bits per heavy atom. The van der Waals surface area contributed by atoms with Gasteiger partial charge in [-0.1, -0.05) is 6.08 Å². The molecular weight excluding hydrogens is 134 g/mol. The molecule has 0 saturated heterocycles. The number of allylic oxidation sites excluding steroid dienone is 2. The predicted octanol–water partition coefficient (Wildman–Crippen LogP) is 1.91. The van der Waals surface area contributed by atoms with E-state index in [1.807, 2.05) is 6.92 Å². The lowest BCUT2D eigenvalue weighted by Gasteiger charge is -2.24. The van der Waals surface area contributed by atoms with Crippen molar-refractivity contribution in [3.05, 3.63) is 28.5 Å². The summed E-state index contributed by atoms with van der Waals surface area (Å²) in [6, 6.07) is 0.181. The first-order valence-electron chi connectivity index (χ1n) is 4.21. The summed E-state index contributed by atoms with van der Waals surface area (Å²) < 4.78 is 0. The molecule has 2 aliphatic carbocycles. The van der Waals surface area contributed by atoms with Crippen molar-refractivity contribution in [1.29, 1.82) is 0 Å². The molecule has 1 unspecified atom stereocenters. The molecule has 0 aliphatic heterocycles. The zero-order valence-corrected chi connectivity index (χ0v) is 6.85. The maximum Gasteiger partial charge on any atom is 0.0304 e. The van der Waals surface area contributed by atoms with Gasteiger partial charge in [0.25, 0.3) is 0 Å². The predicted molar refractivity (Wildman–Crippen MR) is 46.1 cm³/mol. The van der Waals surface area contributed by atoms with Crippen molar-refractivity contribution in [3.63, 3.8) is 0 Å². The fourth-order valence-electron chi connectivity index (χ4n) is 1.54. The van der Waals surface area contributed by atoms with Gasteiger partial charge in [-0.2, -0.15) is 0 Å². The third-order valence-electron chi connectivity index (χ3n) is 2.46. The highest BCUT2D eigenvalue weighted by molar-refractivity contribution is 5.44. The van der Waals surface area contributed by atoms with Crippen LogP contribution in [0.1, 0.15) is 26.2 Å². The number of rotatable bonds is 1. The molecule has 1 nitrogen and oxygen atoms in total. The van der Waals surface area contributed by atoms with E-state index in [-0.39, 0.29) is 6.04 Å². The maximum absolute atomic E-state index is 5.76. The zero-order valence-electron chi connectivity index (χ0n) is 6.85. The molecule has 0 heterocycles. The standard InChI is InChI=1S/C10H13N/c1-7(11)9-4-2-8-3-5-10(8)6-9/h2,7H,3-5,11H2,1H3. The summed E-state index contributed by atoms with van der Waals surface area (Å²) in [5, 5.41) is 0. The van der Waals surface area contributed by atoms with Gasteiger partial charge in [0.2, 0.25) is 0 Å². The van der Waals surface area contributed by atoms with Crippen molar-refractivity contribution < 1.29 is 0 Å². The van der Waals surface area contributed by atoms with Gasteiger partial charge in [0.1, 0.15) is 0 Å². The summed E-state index contributed by atoms with van der Waals surface area (Å²) >= 11 is 0. The largest absolute Gasteiger partial charge is 0.324 e. The molecule has 2 N–H and O–H groups in total. The minimum absolute atomic E-state index is 0.181. The molecule has 0 aromatic heterocycles. The highest BCUT2D eigenvalue weighted by Gasteiger charge is 2.19. The van der Waals surface area contributed by atoms with Gasteiger partial charge >= 0.3 is 0 Å². The smallest absolute Gasteiger partial charge is 0.0304 e. The monoisotopic (exact) mass is 147 g/mol. The topological polar surface area (TPSA) is 26.0 Å². The van der Waals surface area contributed by atoms with E-state index in [1.165, 1.54) is 29.6 Å². The molecule has 1 heteroatoms. The molecule has 0 radical (unpaired) electrons. The second-order valence-corrected chi connectivity index (χ2v) is 3.35. The first-order chi connectivity index (χ1) is 5.27. The Balaban J connectivity index is 2.34. The summed E-state index contributed by atoms with van der Waals surface area (Å²) in [5.74, 6) is 0. The van der Waals surface area contributed by atoms with Crippen LogP contribution in [-0.2, 0) is 0 Å². The summed E-state index contributed by atoms with van der Waals surface area (Å²) in [5.41, 5.74) is 13.3. The highest BCUT2D eigenvalue weighted by Crippen LogP contribution is 2.35. The Bertz CT molecular complexity index is 275. The Hall–Kier alpha value is -0.780. The summed E-state index contributed by atoms with van der Waals surface area (Å²) in [4.78, 5) is 0. The third kappa shape index (κ3) is 1.07. The molecule has 0 amide bonds. The van der Waals surface area contributed by atoms with E-state index in [0.717, 1.165) is 6.42 Å². The minimum Gasteiger partial charge on any atom is -0.324 e. The van der Waals surface area contributed by atoms with Crippen LogP contribution in [0, 0.1) is 0 Å². The van der Waals surface area contributed by atoms with Gasteiger partial charge in [-0.3, -0.25) is 0 Å². The second kappa shape index (κ2) is 2.37. The Morgan fingerprint density at radius 1 is 1.55 bits per heavy atom. The molecule has 2 rings (SSSR count). The van der Waals surface area contributed by atoms with Crippen LogP contribution in [-0.4, -0.2) is 6.04 Å². The average molecular weight is 147 g/mol. The van der Waals surface area contributed by atoms with Crippen LogP contribution >= 0.6 is 0 Å². The molecule has 1 atom stereocenters. The van der Waals surface area contributed by atoms with Crippen molar-refractivity contribution in [3.8, 4) is 0 Å². The third-order valence-corrected chi connectivity index (χ3v) is 2.46. The quantitative estimate of drug-likeness (QED) is 0.563. The van der Waals surface area contributed by atoms with Crippen LogP contribution in [0.25, 0.3) is 0 Å². The number of hydrogen-bond acceptors (Lipinski definition) is 1. The summed E-state index contributed by atoms with van der Waals surface area (Å²) in [6.45, 7) is 2.03. The van der Waals surface area contributed by atoms with Crippen LogP contribution in [0.3, 0.4) is 0 Å². The van der Waals surface area contributed by atoms with Crippen molar-refractivity contribution in [2.24, 2.45) is 5.73 Å². The van der Waals surface area contributed by atoms with Crippen LogP contribution in [0.4, 0.5) is 0 Å². The van der Waals surface area contributed by atoms with E-state index in [2.05, 4.69) is 11.8 Å². The first kappa shape index (κ1) is 6.90. The van der Waals surface area contributed by atoms with Gasteiger partial charge in [0.15, 0.2) is 0 Å². The van der Waals surface area contributed by atoms with Crippen LogP contribution < -0.4 is 5.73 Å². The lowest BCUT2D eigenvalue weighted by molar-refractivity contribution is 0.773. The van der Waals surface area contributed by atoms with Gasteiger partial charge in [0.05, 0.1) is 0 Å². The lowest BCUT2D eigenvalue weighted by Crippen LogP contribution is -2.19. The minimum atomic E-state index is 0.181. The van der Waals surface area contributed by atoms with E-state index in [1.54, 1.807) is 0 Å². The van der Waals surface area contributed by atoms with E-state index in [4.69, 9.17) is 5.73 Å². The molecule has 11 heavy (non-hydrogen) atoms. The number of hydrogen-bond donors (Lipinski definition) is 1. The van der Waals surface area contributed by atoms with Crippen molar-refractivity contribution in [2.45, 2.75) is 32.2 Å². The van der Waals surface area contributed by atoms with Gasteiger partial charge < -0.3 is 5.73 Å². The van der Waals surface area contributed by atoms with Crippen LogP contribution in [0.15, 0.2) is 28.5 Å². The molecule has 0 aromatic carbocycles. The van der Waals surface area contributed by atoms with E-state index in [0.29, 0.717) is 0 Å². The fraction of sp³-hybridized carbons (Fsp3) is 0.500. The molecule has 0 aromatic rings.